The van der Waals surface area contributed by atoms with Gasteiger partial charge in [0.1, 0.15) is 23.4 Å². The van der Waals surface area contributed by atoms with E-state index >= 15 is 0 Å². The van der Waals surface area contributed by atoms with Gasteiger partial charge in [-0.3, -0.25) is 0 Å². The number of halogens is 1. The van der Waals surface area contributed by atoms with Gasteiger partial charge >= 0.3 is 0 Å². The predicted molar refractivity (Wildman–Crippen MR) is 94.1 cm³/mol. The highest BCUT2D eigenvalue weighted by Gasteiger charge is 2.37. The van der Waals surface area contributed by atoms with Gasteiger partial charge in [-0.25, -0.2) is 12.8 Å². The smallest absolute Gasteiger partial charge is 0.206 e. The van der Waals surface area contributed by atoms with Gasteiger partial charge in [0.15, 0.2) is 0 Å². The van der Waals surface area contributed by atoms with Crippen molar-refractivity contribution in [2.45, 2.75) is 35.2 Å². The summed E-state index contributed by atoms with van der Waals surface area (Å²) in [6.45, 7) is 3.76. The zero-order chi connectivity index (χ0) is 18.3. The van der Waals surface area contributed by atoms with Gasteiger partial charge in [-0.05, 0) is 44.2 Å². The molecule has 2 aromatic carbocycles. The van der Waals surface area contributed by atoms with Crippen molar-refractivity contribution in [2.24, 2.45) is 0 Å². The molecule has 0 aliphatic carbocycles. The first kappa shape index (κ1) is 17.3. The van der Waals surface area contributed by atoms with Gasteiger partial charge in [-0.2, -0.15) is 0 Å². The zero-order valence-electron chi connectivity index (χ0n) is 14.4. The van der Waals surface area contributed by atoms with Crippen molar-refractivity contribution in [3.8, 4) is 11.5 Å². The molecule has 0 amide bonds. The van der Waals surface area contributed by atoms with Crippen LogP contribution in [-0.2, 0) is 9.84 Å². The van der Waals surface area contributed by atoms with Crippen molar-refractivity contribution < 1.29 is 22.3 Å². The largest absolute Gasteiger partial charge is 0.494 e. The van der Waals surface area contributed by atoms with Crippen LogP contribution in [0.5, 0.6) is 11.5 Å². The predicted octanol–water partition coefficient (Wildman–Crippen LogP) is 2.90. The first-order valence-corrected chi connectivity index (χ1v) is 10.2. The molecule has 2 aliphatic rings. The minimum Gasteiger partial charge on any atom is -0.494 e. The minimum atomic E-state index is -3.87. The molecule has 2 aromatic rings. The van der Waals surface area contributed by atoms with E-state index in [1.807, 2.05) is 6.07 Å². The van der Waals surface area contributed by atoms with Gasteiger partial charge in [0.05, 0.1) is 16.4 Å². The van der Waals surface area contributed by atoms with Crippen LogP contribution >= 0.6 is 0 Å². The van der Waals surface area contributed by atoms with E-state index in [4.69, 9.17) is 9.47 Å². The van der Waals surface area contributed by atoms with Crippen molar-refractivity contribution >= 4 is 9.84 Å². The van der Waals surface area contributed by atoms with Gasteiger partial charge in [0.2, 0.25) is 9.84 Å². The Morgan fingerprint density at radius 3 is 2.88 bits per heavy atom. The molecular formula is C19H20FNO4S. The van der Waals surface area contributed by atoms with Gasteiger partial charge in [-0.1, -0.05) is 6.07 Å². The van der Waals surface area contributed by atoms with Crippen LogP contribution in [-0.4, -0.2) is 34.2 Å². The quantitative estimate of drug-likeness (QED) is 0.888. The number of hydrogen-bond acceptors (Lipinski definition) is 5. The highest BCUT2D eigenvalue weighted by atomic mass is 32.2. The second kappa shape index (κ2) is 6.55. The summed E-state index contributed by atoms with van der Waals surface area (Å²) in [5.74, 6) is 0.442. The Bertz CT molecular complexity index is 945. The maximum atomic E-state index is 13.8. The summed E-state index contributed by atoms with van der Waals surface area (Å²) in [5, 5.41) is 3.29. The molecule has 0 spiro atoms. The Labute approximate surface area is 152 Å². The zero-order valence-corrected chi connectivity index (χ0v) is 15.2. The molecule has 1 N–H and O–H groups in total. The van der Waals surface area contributed by atoms with Crippen LogP contribution < -0.4 is 14.8 Å². The standard InChI is InChI=1S/C19H20FNO4S/c1-2-24-13-7-12(20)8-15(9-13)26(22,23)14-3-4-16-17-5-6-21-11-19(17)25-18(16)10-14/h3-4,7-10,17,19,21H,2,5-6,11H2,1H3. The van der Waals surface area contributed by atoms with Crippen molar-refractivity contribution in [3.63, 3.8) is 0 Å². The second-order valence-electron chi connectivity index (χ2n) is 6.51. The van der Waals surface area contributed by atoms with Crippen molar-refractivity contribution in [1.82, 2.24) is 5.32 Å². The van der Waals surface area contributed by atoms with Crippen LogP contribution in [0.25, 0.3) is 0 Å². The maximum absolute atomic E-state index is 13.8. The molecule has 2 atom stereocenters. The van der Waals surface area contributed by atoms with Crippen LogP contribution in [0.3, 0.4) is 0 Å². The molecule has 4 rings (SSSR count). The van der Waals surface area contributed by atoms with Crippen LogP contribution in [0.2, 0.25) is 0 Å². The molecule has 5 nitrogen and oxygen atoms in total. The number of rotatable bonds is 4. The number of piperidine rings is 1. The number of ether oxygens (including phenoxy) is 2. The van der Waals surface area contributed by atoms with Gasteiger partial charge in [0.25, 0.3) is 0 Å². The highest BCUT2D eigenvalue weighted by molar-refractivity contribution is 7.91. The van der Waals surface area contributed by atoms with Crippen molar-refractivity contribution in [1.29, 1.82) is 0 Å². The number of fused-ring (bicyclic) bond motifs is 3. The maximum Gasteiger partial charge on any atom is 0.206 e. The van der Waals surface area contributed by atoms with E-state index in [0.717, 1.165) is 31.1 Å². The van der Waals surface area contributed by atoms with E-state index in [9.17, 15) is 12.8 Å². The number of benzene rings is 2. The Morgan fingerprint density at radius 2 is 2.08 bits per heavy atom. The molecule has 0 bridgehead atoms. The lowest BCUT2D eigenvalue weighted by atomic mass is 9.90. The van der Waals surface area contributed by atoms with Crippen molar-refractivity contribution in [3.05, 3.63) is 47.8 Å². The average Bonchev–Trinajstić information content (AvgIpc) is 2.99. The topological polar surface area (TPSA) is 64.6 Å². The number of nitrogens with one attached hydrogen (secondary N) is 1. The fourth-order valence-corrected chi connectivity index (χ4v) is 4.96. The molecule has 26 heavy (non-hydrogen) atoms. The second-order valence-corrected chi connectivity index (χ2v) is 8.46. The van der Waals surface area contributed by atoms with E-state index in [1.54, 1.807) is 19.1 Å². The Kier molecular flexibility index (Phi) is 4.36. The summed E-state index contributed by atoms with van der Waals surface area (Å²) < 4.78 is 51.0. The minimum absolute atomic E-state index is 0.0374. The lowest BCUT2D eigenvalue weighted by Gasteiger charge is -2.24. The van der Waals surface area contributed by atoms with Gasteiger partial charge < -0.3 is 14.8 Å². The molecule has 0 radical (unpaired) electrons. The van der Waals surface area contributed by atoms with Crippen LogP contribution in [0, 0.1) is 5.82 Å². The van der Waals surface area contributed by atoms with Crippen LogP contribution in [0.1, 0.15) is 24.8 Å². The molecular weight excluding hydrogens is 357 g/mol. The molecule has 7 heteroatoms. The molecule has 2 heterocycles. The summed E-state index contributed by atoms with van der Waals surface area (Å²) in [6.07, 6.45) is 1.00. The normalized spacial score (nSPS) is 21.6. The number of hydrogen-bond donors (Lipinski definition) is 1. The fraction of sp³-hybridized carbons (Fsp3) is 0.368. The monoisotopic (exact) mass is 377 g/mol. The van der Waals surface area contributed by atoms with E-state index in [-0.39, 0.29) is 21.6 Å². The van der Waals surface area contributed by atoms with E-state index in [2.05, 4.69) is 5.32 Å². The molecule has 1 fully saturated rings. The molecule has 2 aliphatic heterocycles. The van der Waals surface area contributed by atoms with Gasteiger partial charge in [-0.15, -0.1) is 0 Å². The van der Waals surface area contributed by atoms with Crippen LogP contribution in [0.15, 0.2) is 46.2 Å². The summed E-state index contributed by atoms with van der Waals surface area (Å²) in [6, 6.07) is 8.48. The van der Waals surface area contributed by atoms with E-state index in [1.165, 1.54) is 12.1 Å². The summed E-state index contributed by atoms with van der Waals surface area (Å²) in [7, 11) is -3.87. The first-order valence-electron chi connectivity index (χ1n) is 8.69. The Balaban J connectivity index is 1.72. The third-order valence-corrected chi connectivity index (χ3v) is 6.60. The van der Waals surface area contributed by atoms with Gasteiger partial charge in [0, 0.05) is 24.1 Å². The molecule has 0 aromatic heterocycles. The van der Waals surface area contributed by atoms with Crippen LogP contribution in [0.4, 0.5) is 4.39 Å². The molecule has 0 saturated carbocycles. The Hall–Kier alpha value is -2.12. The summed E-state index contributed by atoms with van der Waals surface area (Å²) in [5.41, 5.74) is 1.05. The summed E-state index contributed by atoms with van der Waals surface area (Å²) in [4.78, 5) is -0.0334. The lowest BCUT2D eigenvalue weighted by molar-refractivity contribution is 0.176. The lowest BCUT2D eigenvalue weighted by Crippen LogP contribution is -2.39. The molecule has 1 saturated heterocycles. The third kappa shape index (κ3) is 2.95. The van der Waals surface area contributed by atoms with E-state index < -0.39 is 15.7 Å². The average molecular weight is 377 g/mol. The summed E-state index contributed by atoms with van der Waals surface area (Å²) >= 11 is 0. The number of sulfone groups is 1. The molecule has 2 unspecified atom stereocenters. The molecule has 138 valence electrons. The first-order chi connectivity index (χ1) is 12.5. The SMILES string of the molecule is CCOc1cc(F)cc(S(=O)(=O)c2ccc3c(c2)OC2CNCCC32)c1. The van der Waals surface area contributed by atoms with E-state index in [0.29, 0.717) is 18.3 Å². The fourth-order valence-electron chi connectivity index (χ4n) is 3.64. The Morgan fingerprint density at radius 1 is 1.23 bits per heavy atom. The van der Waals surface area contributed by atoms with Crippen molar-refractivity contribution in [2.75, 3.05) is 19.7 Å². The highest BCUT2D eigenvalue weighted by Crippen LogP contribution is 2.42. The third-order valence-electron chi connectivity index (χ3n) is 4.87.